The summed E-state index contributed by atoms with van der Waals surface area (Å²) in [7, 11) is -3.70. The molecule has 0 aliphatic carbocycles. The number of hydrogen-bond donors (Lipinski definition) is 2. The van der Waals surface area contributed by atoms with Gasteiger partial charge in [0.05, 0.1) is 10.9 Å². The van der Waals surface area contributed by atoms with E-state index >= 15 is 0 Å². The van der Waals surface area contributed by atoms with Crippen molar-refractivity contribution in [3.05, 3.63) is 60.2 Å². The highest BCUT2D eigenvalue weighted by atomic mass is 32.2. The summed E-state index contributed by atoms with van der Waals surface area (Å²) in [4.78, 5) is 13.3. The normalized spacial score (nSPS) is 12.6. The Morgan fingerprint density at radius 3 is 2.36 bits per heavy atom. The predicted molar refractivity (Wildman–Crippen MR) is 101 cm³/mol. The Balaban J connectivity index is 1.77. The van der Waals surface area contributed by atoms with E-state index in [1.807, 2.05) is 31.2 Å². The van der Waals surface area contributed by atoms with E-state index in [-0.39, 0.29) is 10.8 Å². The quantitative estimate of drug-likeness (QED) is 0.547. The van der Waals surface area contributed by atoms with Gasteiger partial charge in [0, 0.05) is 17.2 Å². The zero-order valence-corrected chi connectivity index (χ0v) is 15.9. The molecule has 0 fully saturated rings. The summed E-state index contributed by atoms with van der Waals surface area (Å²) in [6.45, 7) is 4.03. The van der Waals surface area contributed by atoms with Crippen molar-refractivity contribution in [2.75, 3.05) is 12.3 Å². The van der Waals surface area contributed by atoms with Gasteiger partial charge < -0.3 is 5.32 Å². The van der Waals surface area contributed by atoms with Crippen molar-refractivity contribution in [3.63, 3.8) is 0 Å². The number of nitrogens with one attached hydrogen (secondary N) is 2. The van der Waals surface area contributed by atoms with Crippen LogP contribution < -0.4 is 10.0 Å². The van der Waals surface area contributed by atoms with E-state index in [2.05, 4.69) is 10.0 Å². The van der Waals surface area contributed by atoms with Gasteiger partial charge in [-0.2, -0.15) is 4.72 Å². The SMILES string of the molecule is Cc1ccc(SCCNC(=O)[C@H](C)NS(=O)(=O)c2ccccc2)cc1. The lowest BCUT2D eigenvalue weighted by atomic mass is 10.2. The molecule has 0 unspecified atom stereocenters. The van der Waals surface area contributed by atoms with Crippen LogP contribution in [-0.2, 0) is 14.8 Å². The second-order valence-electron chi connectivity index (χ2n) is 5.61. The first-order chi connectivity index (χ1) is 11.9. The number of aryl methyl sites for hydroxylation is 1. The maximum Gasteiger partial charge on any atom is 0.241 e. The average Bonchev–Trinajstić information content (AvgIpc) is 2.60. The van der Waals surface area contributed by atoms with Gasteiger partial charge in [-0.3, -0.25) is 4.79 Å². The Bertz CT molecular complexity index is 791. The molecule has 1 atom stereocenters. The third kappa shape index (κ3) is 6.19. The van der Waals surface area contributed by atoms with Crippen LogP contribution >= 0.6 is 11.8 Å². The van der Waals surface area contributed by atoms with E-state index < -0.39 is 16.1 Å². The van der Waals surface area contributed by atoms with Crippen LogP contribution in [0.3, 0.4) is 0 Å². The van der Waals surface area contributed by atoms with Crippen LogP contribution in [0.15, 0.2) is 64.4 Å². The smallest absolute Gasteiger partial charge is 0.241 e. The molecule has 5 nitrogen and oxygen atoms in total. The monoisotopic (exact) mass is 378 g/mol. The lowest BCUT2D eigenvalue weighted by Gasteiger charge is -2.14. The van der Waals surface area contributed by atoms with Crippen molar-refractivity contribution < 1.29 is 13.2 Å². The number of carbonyl (C=O) groups is 1. The summed E-state index contributed by atoms with van der Waals surface area (Å²) in [6.07, 6.45) is 0. The van der Waals surface area contributed by atoms with Crippen LogP contribution in [0.4, 0.5) is 0 Å². The fraction of sp³-hybridized carbons (Fsp3) is 0.278. The maximum absolute atomic E-state index is 12.2. The van der Waals surface area contributed by atoms with Gasteiger partial charge in [-0.1, -0.05) is 35.9 Å². The molecule has 0 bridgehead atoms. The molecule has 2 rings (SSSR count). The molecule has 0 aliphatic heterocycles. The van der Waals surface area contributed by atoms with Gasteiger partial charge in [-0.05, 0) is 38.1 Å². The molecular weight excluding hydrogens is 356 g/mol. The van der Waals surface area contributed by atoms with Gasteiger partial charge in [0.15, 0.2) is 0 Å². The lowest BCUT2D eigenvalue weighted by Crippen LogP contribution is -2.45. The van der Waals surface area contributed by atoms with Crippen molar-refractivity contribution in [3.8, 4) is 0 Å². The first-order valence-corrected chi connectivity index (χ1v) is 10.4. The molecular formula is C18H22N2O3S2. The Morgan fingerprint density at radius 1 is 1.08 bits per heavy atom. The zero-order valence-electron chi connectivity index (χ0n) is 14.2. The average molecular weight is 379 g/mol. The Labute approximate surface area is 153 Å². The molecule has 7 heteroatoms. The van der Waals surface area contributed by atoms with Crippen molar-refractivity contribution >= 4 is 27.7 Å². The van der Waals surface area contributed by atoms with E-state index in [0.717, 1.165) is 4.90 Å². The van der Waals surface area contributed by atoms with Gasteiger partial charge in [-0.15, -0.1) is 11.8 Å². The van der Waals surface area contributed by atoms with Gasteiger partial charge in [0.25, 0.3) is 0 Å². The number of carbonyl (C=O) groups excluding carboxylic acids is 1. The summed E-state index contributed by atoms with van der Waals surface area (Å²) in [5, 5.41) is 2.75. The molecule has 0 aliphatic rings. The Kier molecular flexibility index (Phi) is 7.04. The molecule has 0 radical (unpaired) electrons. The van der Waals surface area contributed by atoms with Crippen LogP contribution in [-0.4, -0.2) is 32.7 Å². The fourth-order valence-corrected chi connectivity index (χ4v) is 4.08. The van der Waals surface area contributed by atoms with Gasteiger partial charge in [-0.25, -0.2) is 8.42 Å². The second kappa shape index (κ2) is 9.03. The summed E-state index contributed by atoms with van der Waals surface area (Å²) in [6, 6.07) is 15.3. The van der Waals surface area contributed by atoms with Gasteiger partial charge in [0.1, 0.15) is 0 Å². The van der Waals surface area contributed by atoms with Crippen LogP contribution in [0.2, 0.25) is 0 Å². The summed E-state index contributed by atoms with van der Waals surface area (Å²) in [5.74, 6) is 0.372. The van der Waals surface area contributed by atoms with Crippen molar-refractivity contribution in [1.82, 2.24) is 10.0 Å². The van der Waals surface area contributed by atoms with Crippen molar-refractivity contribution in [2.24, 2.45) is 0 Å². The number of thioether (sulfide) groups is 1. The molecule has 0 saturated heterocycles. The van der Waals surface area contributed by atoms with Gasteiger partial charge >= 0.3 is 0 Å². The molecule has 134 valence electrons. The van der Waals surface area contributed by atoms with Crippen LogP contribution in [0.5, 0.6) is 0 Å². The minimum absolute atomic E-state index is 0.143. The molecule has 0 heterocycles. The molecule has 2 aromatic rings. The Morgan fingerprint density at radius 2 is 1.72 bits per heavy atom. The maximum atomic E-state index is 12.2. The molecule has 0 saturated carbocycles. The predicted octanol–water partition coefficient (Wildman–Crippen LogP) is 2.57. The summed E-state index contributed by atoms with van der Waals surface area (Å²) in [5.41, 5.74) is 1.21. The van der Waals surface area contributed by atoms with Crippen molar-refractivity contribution in [1.29, 1.82) is 0 Å². The van der Waals surface area contributed by atoms with Crippen LogP contribution in [0.25, 0.3) is 0 Å². The molecule has 25 heavy (non-hydrogen) atoms. The molecule has 0 aromatic heterocycles. The largest absolute Gasteiger partial charge is 0.354 e. The first kappa shape index (κ1) is 19.5. The van der Waals surface area contributed by atoms with E-state index in [0.29, 0.717) is 12.3 Å². The van der Waals surface area contributed by atoms with Crippen LogP contribution in [0, 0.1) is 6.92 Å². The number of benzene rings is 2. The number of rotatable bonds is 8. The minimum Gasteiger partial charge on any atom is -0.354 e. The Hall–Kier alpha value is -1.83. The highest BCUT2D eigenvalue weighted by Crippen LogP contribution is 2.17. The van der Waals surface area contributed by atoms with Gasteiger partial charge in [0.2, 0.25) is 15.9 Å². The minimum atomic E-state index is -3.70. The number of amides is 1. The zero-order chi connectivity index (χ0) is 18.3. The second-order valence-corrected chi connectivity index (χ2v) is 8.49. The number of sulfonamides is 1. The van der Waals surface area contributed by atoms with Crippen LogP contribution in [0.1, 0.15) is 12.5 Å². The molecule has 2 N–H and O–H groups in total. The molecule has 0 spiro atoms. The van der Waals surface area contributed by atoms with E-state index in [9.17, 15) is 13.2 Å². The highest BCUT2D eigenvalue weighted by molar-refractivity contribution is 7.99. The summed E-state index contributed by atoms with van der Waals surface area (Å²) >= 11 is 1.64. The van der Waals surface area contributed by atoms with E-state index in [1.54, 1.807) is 30.0 Å². The fourth-order valence-electron chi connectivity index (χ4n) is 2.08. The number of hydrogen-bond acceptors (Lipinski definition) is 4. The third-order valence-electron chi connectivity index (χ3n) is 3.47. The standard InChI is InChI=1S/C18H22N2O3S2/c1-14-8-10-16(11-9-14)24-13-12-19-18(21)15(2)20-25(22,23)17-6-4-3-5-7-17/h3-11,15,20H,12-13H2,1-2H3,(H,19,21)/t15-/m0/s1. The molecule has 2 aromatic carbocycles. The van der Waals surface area contributed by atoms with E-state index in [1.165, 1.54) is 24.6 Å². The van der Waals surface area contributed by atoms with E-state index in [4.69, 9.17) is 0 Å². The van der Waals surface area contributed by atoms with Crippen molar-refractivity contribution in [2.45, 2.75) is 29.7 Å². The summed E-state index contributed by atoms with van der Waals surface area (Å²) < 4.78 is 26.8. The third-order valence-corrected chi connectivity index (χ3v) is 6.04. The first-order valence-electron chi connectivity index (χ1n) is 7.93. The highest BCUT2D eigenvalue weighted by Gasteiger charge is 2.21. The molecule has 1 amide bonds. The lowest BCUT2D eigenvalue weighted by molar-refractivity contribution is -0.122. The topological polar surface area (TPSA) is 75.3 Å².